The number of benzene rings is 3. The van der Waals surface area contributed by atoms with E-state index in [0.717, 1.165) is 25.0 Å². The Kier molecular flexibility index (Phi) is 14.0. The molecule has 5 atom stereocenters. The van der Waals surface area contributed by atoms with Crippen molar-refractivity contribution < 1.29 is 55.8 Å². The maximum atomic E-state index is 16.4. The van der Waals surface area contributed by atoms with E-state index in [1.165, 1.54) is 65.3 Å². The number of carbonyl (C=O) groups is 5. The Bertz CT molecular complexity index is 2170. The largest absolute Gasteiger partial charge is 0.438 e. The summed E-state index contributed by atoms with van der Waals surface area (Å²) in [6.45, 7) is 10.2. The summed E-state index contributed by atoms with van der Waals surface area (Å²) in [4.78, 5) is 70.6. The molecule has 13 nitrogen and oxygen atoms in total. The number of alkyl halides is 2. The number of nitrogens with zero attached hydrogens (tertiary/aromatic N) is 2. The number of fused-ring (bicyclic) bond motifs is 2. The zero-order chi connectivity index (χ0) is 45.2. The van der Waals surface area contributed by atoms with Gasteiger partial charge in [0.2, 0.25) is 25.4 Å². The van der Waals surface area contributed by atoms with Gasteiger partial charge in [-0.3, -0.25) is 37.6 Å². The van der Waals surface area contributed by atoms with Crippen LogP contribution in [-0.2, 0) is 47.9 Å². The average Bonchev–Trinajstić information content (AvgIpc) is 3.83. The highest BCUT2D eigenvalue weighted by molar-refractivity contribution is 7.54. The Morgan fingerprint density at radius 3 is 2.02 bits per heavy atom. The maximum absolute atomic E-state index is 16.4. The lowest BCUT2D eigenvalue weighted by atomic mass is 9.90. The number of ether oxygens (including phenoxy) is 2. The summed E-state index contributed by atoms with van der Waals surface area (Å²) in [5.74, 6) is -2.18. The monoisotopic (exact) mass is 881 g/mol. The lowest BCUT2D eigenvalue weighted by Gasteiger charge is -2.36. The van der Waals surface area contributed by atoms with E-state index in [2.05, 4.69) is 24.4 Å². The van der Waals surface area contributed by atoms with Gasteiger partial charge in [0.25, 0.3) is 5.91 Å². The van der Waals surface area contributed by atoms with Gasteiger partial charge in [0.05, 0.1) is 10.8 Å². The normalized spacial score (nSPS) is 22.5. The Balaban J connectivity index is 1.19. The molecule has 0 saturated carbocycles. The first-order valence-corrected chi connectivity index (χ1v) is 22.8. The number of hydrogen-bond donors (Lipinski definition) is 1. The van der Waals surface area contributed by atoms with Crippen LogP contribution in [0.15, 0.2) is 66.7 Å². The van der Waals surface area contributed by atoms with Crippen molar-refractivity contribution in [2.75, 3.05) is 26.7 Å². The molecule has 3 aromatic rings. The number of carbonyl (C=O) groups excluding carboxylic acids is 5. The summed E-state index contributed by atoms with van der Waals surface area (Å²) >= 11 is 0. The molecular weight excluding hydrogens is 823 g/mol. The van der Waals surface area contributed by atoms with E-state index >= 15 is 8.78 Å². The molecule has 1 unspecified atom stereocenters. The van der Waals surface area contributed by atoms with Crippen molar-refractivity contribution in [3.05, 3.63) is 83.4 Å². The average molecular weight is 882 g/mol. The number of amides is 3. The van der Waals surface area contributed by atoms with Crippen LogP contribution in [-0.4, -0.2) is 84.3 Å². The van der Waals surface area contributed by atoms with E-state index in [9.17, 15) is 28.5 Å². The third-order valence-corrected chi connectivity index (χ3v) is 13.8. The van der Waals surface area contributed by atoms with Crippen LogP contribution in [0, 0.1) is 16.7 Å². The fourth-order valence-electron chi connectivity index (χ4n) is 8.31. The third-order valence-electron chi connectivity index (χ3n) is 11.9. The first-order valence-electron chi connectivity index (χ1n) is 21.2. The molecule has 62 heavy (non-hydrogen) atoms. The number of halogens is 2. The minimum absolute atomic E-state index is 0.0730. The van der Waals surface area contributed by atoms with Crippen LogP contribution >= 0.6 is 7.60 Å². The van der Waals surface area contributed by atoms with Crippen LogP contribution in [0.25, 0.3) is 10.8 Å². The molecule has 0 spiro atoms. The number of esters is 2. The highest BCUT2D eigenvalue weighted by Gasteiger charge is 2.56. The van der Waals surface area contributed by atoms with E-state index in [0.29, 0.717) is 44.2 Å². The van der Waals surface area contributed by atoms with E-state index in [1.807, 2.05) is 23.1 Å². The molecule has 6 rings (SSSR count). The van der Waals surface area contributed by atoms with Crippen LogP contribution < -0.4 is 5.32 Å². The van der Waals surface area contributed by atoms with Crippen LogP contribution in [0.3, 0.4) is 0 Å². The van der Waals surface area contributed by atoms with Gasteiger partial charge in [0.15, 0.2) is 0 Å². The van der Waals surface area contributed by atoms with Crippen LogP contribution in [0.2, 0.25) is 0 Å². The molecule has 0 radical (unpaired) electrons. The second-order valence-corrected chi connectivity index (χ2v) is 20.8. The fourth-order valence-corrected chi connectivity index (χ4v) is 9.54. The summed E-state index contributed by atoms with van der Waals surface area (Å²) in [7, 11) is -5.59. The smallest absolute Gasteiger partial charge is 0.410 e. The quantitative estimate of drug-likeness (QED) is 0.106. The van der Waals surface area contributed by atoms with Gasteiger partial charge in [-0.15, -0.1) is 0 Å². The Morgan fingerprint density at radius 1 is 0.774 bits per heavy atom. The molecule has 1 N–H and O–H groups in total. The van der Waals surface area contributed by atoms with Gasteiger partial charge in [-0.05, 0) is 108 Å². The standard InChI is InChI=1S/C46H58F2N3O10P/c1-29-25-50(26-36(29)31-13-9-8-10-14-31)41(54)38-22-21-35-15-11-12-16-37(40(53)51(35)38)49-39(52)32-18-17-30-19-20-34(24-33(30)23-32)46(47,48)62(57,60-27-58-42(55)44(2,3)4)61-28-59-43(56)45(5,6)7/h8-10,13-14,17-20,23-24,29,35-38H,11-12,15-16,21-22,25-28H2,1-7H3,(H,49,52)/t29-,35-,36?,37-,38-/m0/s1. The second-order valence-electron chi connectivity index (χ2n) is 18.7. The van der Waals surface area contributed by atoms with E-state index in [4.69, 9.17) is 18.5 Å². The van der Waals surface area contributed by atoms with Crippen LogP contribution in [0.5, 0.6) is 0 Å². The van der Waals surface area contributed by atoms with Crippen LogP contribution in [0.4, 0.5) is 8.78 Å². The lowest BCUT2D eigenvalue weighted by molar-refractivity contribution is -0.163. The summed E-state index contributed by atoms with van der Waals surface area (Å²) in [6.07, 6.45) is 3.87. The molecule has 3 aliphatic heterocycles. The third kappa shape index (κ3) is 10.2. The Morgan fingerprint density at radius 2 is 1.39 bits per heavy atom. The zero-order valence-corrected chi connectivity index (χ0v) is 37.4. The molecule has 3 aromatic carbocycles. The van der Waals surface area contributed by atoms with Crippen molar-refractivity contribution in [1.82, 2.24) is 15.1 Å². The van der Waals surface area contributed by atoms with Gasteiger partial charge >= 0.3 is 25.2 Å². The van der Waals surface area contributed by atoms with Crippen molar-refractivity contribution in [3.63, 3.8) is 0 Å². The van der Waals surface area contributed by atoms with E-state index in [-0.39, 0.29) is 40.6 Å². The molecule has 3 fully saturated rings. The molecule has 0 aromatic heterocycles. The van der Waals surface area contributed by atoms with Crippen molar-refractivity contribution >= 4 is 48.0 Å². The molecule has 3 saturated heterocycles. The second kappa shape index (κ2) is 18.6. The number of rotatable bonds is 12. The van der Waals surface area contributed by atoms with E-state index < -0.39 is 73.2 Å². The Labute approximate surface area is 361 Å². The minimum Gasteiger partial charge on any atom is -0.438 e. The maximum Gasteiger partial charge on any atom is 0.410 e. The predicted molar refractivity (Wildman–Crippen MR) is 227 cm³/mol. The van der Waals surface area contributed by atoms with Crippen LogP contribution in [0.1, 0.15) is 114 Å². The number of hydrogen-bond acceptors (Lipinski definition) is 10. The first-order chi connectivity index (χ1) is 29.1. The summed E-state index contributed by atoms with van der Waals surface area (Å²) in [5, 5.41) is 3.51. The number of likely N-dealkylation sites (tertiary alicyclic amines) is 1. The van der Waals surface area contributed by atoms with Gasteiger partial charge in [-0.2, -0.15) is 8.78 Å². The van der Waals surface area contributed by atoms with Gasteiger partial charge in [0, 0.05) is 36.2 Å². The highest BCUT2D eigenvalue weighted by atomic mass is 31.2. The van der Waals surface area contributed by atoms with Gasteiger partial charge in [-0.1, -0.05) is 68.3 Å². The summed E-state index contributed by atoms with van der Waals surface area (Å²) < 4.78 is 66.6. The summed E-state index contributed by atoms with van der Waals surface area (Å²) in [5.41, 5.74) is -5.98. The van der Waals surface area contributed by atoms with Crippen molar-refractivity contribution in [1.29, 1.82) is 0 Å². The SMILES string of the molecule is C[C@H]1CN(C(=O)[C@@H]2CC[C@@H]3CCCC[C@H](NC(=O)c4ccc5ccc(C(F)(F)P(=O)(OCOC(=O)C(C)(C)C)OCOC(=O)C(C)(C)C)cc5c4)C(=O)N32)CC1c1ccccc1. The lowest BCUT2D eigenvalue weighted by Crippen LogP contribution is -2.56. The summed E-state index contributed by atoms with van der Waals surface area (Å²) in [6, 6.07) is 16.3. The van der Waals surface area contributed by atoms with E-state index in [1.54, 1.807) is 11.0 Å². The predicted octanol–water partition coefficient (Wildman–Crippen LogP) is 8.50. The van der Waals surface area contributed by atoms with Gasteiger partial charge < -0.3 is 24.6 Å². The molecule has 16 heteroatoms. The van der Waals surface area contributed by atoms with Crippen molar-refractivity contribution in [2.24, 2.45) is 16.7 Å². The zero-order valence-electron chi connectivity index (χ0n) is 36.5. The first kappa shape index (κ1) is 46.8. The molecule has 3 amide bonds. The Hall–Kier alpha value is -4.72. The molecular formula is C46H58F2N3O10P. The van der Waals surface area contributed by atoms with Gasteiger partial charge in [0.1, 0.15) is 12.1 Å². The topological polar surface area (TPSA) is 158 Å². The highest BCUT2D eigenvalue weighted by Crippen LogP contribution is 2.67. The molecule has 336 valence electrons. The number of nitrogens with one attached hydrogen (secondary N) is 1. The molecule has 3 aliphatic rings. The molecule has 0 aliphatic carbocycles. The van der Waals surface area contributed by atoms with Crippen molar-refractivity contribution in [2.45, 2.75) is 117 Å². The molecule has 3 heterocycles. The fraction of sp³-hybridized carbons (Fsp3) is 0.543. The molecule has 0 bridgehead atoms. The minimum atomic E-state index is -5.59. The van der Waals surface area contributed by atoms with Gasteiger partial charge in [-0.25, -0.2) is 0 Å². The van der Waals surface area contributed by atoms with Crippen molar-refractivity contribution in [3.8, 4) is 0 Å².